The Morgan fingerprint density at radius 3 is 2.13 bits per heavy atom. The zero-order valence-electron chi connectivity index (χ0n) is 16.7. The van der Waals surface area contributed by atoms with Crippen molar-refractivity contribution in [3.8, 4) is 34.5 Å². The lowest BCUT2D eigenvalue weighted by molar-refractivity contribution is -0.0302. The minimum absolute atomic E-state index is 0.00554. The minimum Gasteiger partial charge on any atom is -0.497 e. The summed E-state index contributed by atoms with van der Waals surface area (Å²) in [7, 11) is 3.23. The summed E-state index contributed by atoms with van der Waals surface area (Å²) < 4.78 is 46.4. The molecule has 2 saturated heterocycles. The molecule has 4 aliphatic rings. The zero-order valence-corrected chi connectivity index (χ0v) is 16.7. The Balaban J connectivity index is 1.35. The van der Waals surface area contributed by atoms with Gasteiger partial charge in [-0.15, -0.1) is 0 Å². The monoisotopic (exact) mass is 414 g/mol. The number of ether oxygens (including phenoxy) is 8. The summed E-state index contributed by atoms with van der Waals surface area (Å²) in [5, 5.41) is 0. The van der Waals surface area contributed by atoms with Crippen LogP contribution in [0.2, 0.25) is 0 Å². The van der Waals surface area contributed by atoms with Gasteiger partial charge in [-0.1, -0.05) is 12.1 Å². The number of hydrogen-bond donors (Lipinski definition) is 0. The van der Waals surface area contributed by atoms with Crippen molar-refractivity contribution in [2.45, 2.75) is 24.7 Å². The molecule has 4 aliphatic heterocycles. The maximum absolute atomic E-state index is 6.50. The first-order chi connectivity index (χ1) is 14.8. The van der Waals surface area contributed by atoms with Gasteiger partial charge in [0, 0.05) is 5.92 Å². The molecule has 0 bridgehead atoms. The fraction of sp³-hybridized carbons (Fsp3) is 0.455. The third-order valence-electron chi connectivity index (χ3n) is 6.19. The van der Waals surface area contributed by atoms with Crippen LogP contribution < -0.4 is 28.4 Å². The molecule has 0 aromatic heterocycles. The van der Waals surface area contributed by atoms with E-state index in [-0.39, 0.29) is 37.8 Å². The quantitative estimate of drug-likeness (QED) is 0.754. The number of hydrogen-bond acceptors (Lipinski definition) is 8. The molecule has 6 rings (SSSR count). The number of rotatable bonds is 4. The van der Waals surface area contributed by atoms with Gasteiger partial charge in [0.15, 0.2) is 11.5 Å². The van der Waals surface area contributed by atoms with Gasteiger partial charge in [0.1, 0.15) is 11.9 Å². The molecule has 4 heterocycles. The van der Waals surface area contributed by atoms with Crippen molar-refractivity contribution >= 4 is 0 Å². The van der Waals surface area contributed by atoms with Gasteiger partial charge in [-0.3, -0.25) is 0 Å². The van der Waals surface area contributed by atoms with E-state index in [1.807, 2.05) is 12.1 Å². The van der Waals surface area contributed by atoms with E-state index in [9.17, 15) is 0 Å². The second kappa shape index (κ2) is 6.85. The van der Waals surface area contributed by atoms with Crippen molar-refractivity contribution in [1.29, 1.82) is 0 Å². The van der Waals surface area contributed by atoms with Gasteiger partial charge < -0.3 is 37.9 Å². The topological polar surface area (TPSA) is 73.8 Å². The van der Waals surface area contributed by atoms with E-state index in [1.54, 1.807) is 14.2 Å². The number of methoxy groups -OCH3 is 2. The van der Waals surface area contributed by atoms with Gasteiger partial charge in [0.2, 0.25) is 30.8 Å². The molecule has 0 unspecified atom stereocenters. The first-order valence-corrected chi connectivity index (χ1v) is 9.98. The molecule has 0 N–H and O–H groups in total. The smallest absolute Gasteiger partial charge is 0.231 e. The van der Waals surface area contributed by atoms with Crippen LogP contribution >= 0.6 is 0 Å². The Morgan fingerprint density at radius 2 is 1.50 bits per heavy atom. The Kier molecular flexibility index (Phi) is 4.10. The molecule has 0 saturated carbocycles. The van der Waals surface area contributed by atoms with Gasteiger partial charge in [0.05, 0.1) is 38.6 Å². The molecule has 0 amide bonds. The van der Waals surface area contributed by atoms with Gasteiger partial charge in [-0.2, -0.15) is 0 Å². The summed E-state index contributed by atoms with van der Waals surface area (Å²) >= 11 is 0. The molecule has 2 aromatic rings. The summed E-state index contributed by atoms with van der Waals surface area (Å²) in [6.45, 7) is 0.828. The van der Waals surface area contributed by atoms with Crippen LogP contribution in [0.4, 0.5) is 0 Å². The molecule has 2 fully saturated rings. The maximum atomic E-state index is 6.50. The van der Waals surface area contributed by atoms with Gasteiger partial charge in [-0.25, -0.2) is 0 Å². The molecular formula is C22H22O8. The molecule has 30 heavy (non-hydrogen) atoms. The Hall–Kier alpha value is -2.84. The van der Waals surface area contributed by atoms with Crippen molar-refractivity contribution in [3.05, 3.63) is 35.4 Å². The van der Waals surface area contributed by atoms with E-state index in [4.69, 9.17) is 37.9 Å². The summed E-state index contributed by atoms with van der Waals surface area (Å²) in [5.74, 6) is 3.80. The summed E-state index contributed by atoms with van der Waals surface area (Å²) in [6.07, 6.45) is 0.441. The average Bonchev–Trinajstić information content (AvgIpc) is 3.55. The van der Waals surface area contributed by atoms with Crippen LogP contribution in [0.3, 0.4) is 0 Å². The van der Waals surface area contributed by atoms with Gasteiger partial charge in [0.25, 0.3) is 0 Å². The molecule has 8 heteroatoms. The highest BCUT2D eigenvalue weighted by molar-refractivity contribution is 5.72. The zero-order chi connectivity index (χ0) is 20.2. The Bertz CT molecular complexity index is 937. The van der Waals surface area contributed by atoms with Crippen molar-refractivity contribution < 1.29 is 37.9 Å². The molecular weight excluding hydrogens is 392 g/mol. The average molecular weight is 414 g/mol. The SMILES string of the molecule is COc1ccc([C@H]2C[C@H]3CO[C@@H](c4c5c(c(OC)c6c4OCO6)OCO5)[C@H]3O2)cc1. The predicted molar refractivity (Wildman–Crippen MR) is 103 cm³/mol. The van der Waals surface area contributed by atoms with Crippen LogP contribution in [0.25, 0.3) is 0 Å². The fourth-order valence-corrected chi connectivity index (χ4v) is 4.79. The van der Waals surface area contributed by atoms with Crippen molar-refractivity contribution in [2.24, 2.45) is 5.92 Å². The van der Waals surface area contributed by atoms with E-state index in [2.05, 4.69) is 12.1 Å². The molecule has 158 valence electrons. The van der Waals surface area contributed by atoms with Crippen LogP contribution in [-0.2, 0) is 9.47 Å². The Morgan fingerprint density at radius 1 is 0.833 bits per heavy atom. The fourth-order valence-electron chi connectivity index (χ4n) is 4.79. The largest absolute Gasteiger partial charge is 0.497 e. The van der Waals surface area contributed by atoms with E-state index in [1.165, 1.54) is 0 Å². The van der Waals surface area contributed by atoms with Crippen molar-refractivity contribution in [2.75, 3.05) is 34.4 Å². The van der Waals surface area contributed by atoms with Crippen molar-refractivity contribution in [1.82, 2.24) is 0 Å². The molecule has 0 spiro atoms. The lowest BCUT2D eigenvalue weighted by atomic mass is 9.93. The minimum atomic E-state index is -0.338. The third-order valence-corrected chi connectivity index (χ3v) is 6.19. The maximum Gasteiger partial charge on any atom is 0.231 e. The Labute approximate surface area is 173 Å². The first-order valence-electron chi connectivity index (χ1n) is 9.98. The number of benzene rings is 2. The molecule has 0 radical (unpaired) electrons. The van der Waals surface area contributed by atoms with Crippen LogP contribution in [0, 0.1) is 5.92 Å². The highest BCUT2D eigenvalue weighted by atomic mass is 16.7. The van der Waals surface area contributed by atoms with Crippen LogP contribution in [0.5, 0.6) is 34.5 Å². The molecule has 2 aromatic carbocycles. The second-order valence-corrected chi connectivity index (χ2v) is 7.69. The van der Waals surface area contributed by atoms with Crippen LogP contribution in [0.15, 0.2) is 24.3 Å². The van der Waals surface area contributed by atoms with E-state index in [0.717, 1.165) is 23.3 Å². The third kappa shape index (κ3) is 2.53. The standard InChI is InChI=1S/C22H22O8/c1-23-13-5-3-11(4-6-13)14-7-12-8-25-17(16(12)30-14)15-18-21(28-9-26-18)20(24-2)22-19(15)27-10-29-22/h3-6,12,14,16-17H,7-10H2,1-2H3/t12-,14+,16-,17-/m0/s1. The summed E-state index contributed by atoms with van der Waals surface area (Å²) in [6, 6.07) is 8.02. The van der Waals surface area contributed by atoms with Gasteiger partial charge >= 0.3 is 0 Å². The normalized spacial score (nSPS) is 27.9. The van der Waals surface area contributed by atoms with Gasteiger partial charge in [-0.05, 0) is 24.1 Å². The van der Waals surface area contributed by atoms with E-state index >= 15 is 0 Å². The molecule has 4 atom stereocenters. The predicted octanol–water partition coefficient (Wildman–Crippen LogP) is 3.38. The lowest BCUT2D eigenvalue weighted by Gasteiger charge is -2.22. The van der Waals surface area contributed by atoms with Crippen molar-refractivity contribution in [3.63, 3.8) is 0 Å². The van der Waals surface area contributed by atoms with Crippen LogP contribution in [0.1, 0.15) is 29.8 Å². The summed E-state index contributed by atoms with van der Waals surface area (Å²) in [5.41, 5.74) is 1.91. The van der Waals surface area contributed by atoms with E-state index in [0.29, 0.717) is 35.4 Å². The lowest BCUT2D eigenvalue weighted by Crippen LogP contribution is -2.19. The highest BCUT2D eigenvalue weighted by Crippen LogP contribution is 2.61. The first kappa shape index (κ1) is 18.0. The van der Waals surface area contributed by atoms with Crippen LogP contribution in [-0.4, -0.2) is 40.5 Å². The molecule has 0 aliphatic carbocycles. The highest BCUT2D eigenvalue weighted by Gasteiger charge is 2.51. The molecule has 8 nitrogen and oxygen atoms in total. The number of fused-ring (bicyclic) bond motifs is 3. The second-order valence-electron chi connectivity index (χ2n) is 7.69. The summed E-state index contributed by atoms with van der Waals surface area (Å²) in [4.78, 5) is 0. The van der Waals surface area contributed by atoms with E-state index < -0.39 is 0 Å².